The highest BCUT2D eigenvalue weighted by atomic mass is 32.2. The van der Waals surface area contributed by atoms with Gasteiger partial charge in [0.1, 0.15) is 12.1 Å². The summed E-state index contributed by atoms with van der Waals surface area (Å²) in [6, 6.07) is 7.32. The Labute approximate surface area is 156 Å². The van der Waals surface area contributed by atoms with Gasteiger partial charge in [-0.1, -0.05) is 30.3 Å². The first-order valence-corrected chi connectivity index (χ1v) is 9.16. The van der Waals surface area contributed by atoms with Crippen LogP contribution in [0.4, 0.5) is 0 Å². The Morgan fingerprint density at radius 1 is 1.15 bits per heavy atom. The quantitative estimate of drug-likeness (QED) is 0.438. The Balaban J connectivity index is 0.00000141. The number of aliphatic carboxylic acids is 2. The van der Waals surface area contributed by atoms with Gasteiger partial charge in [0, 0.05) is 13.3 Å². The van der Waals surface area contributed by atoms with Gasteiger partial charge in [-0.3, -0.25) is 14.4 Å². The fraction of sp³-hybridized carbons (Fsp3) is 0.412. The third-order valence-corrected chi connectivity index (χ3v) is 3.74. The fourth-order valence-corrected chi connectivity index (χ4v) is 2.40. The molecule has 0 aliphatic heterocycles. The molecular weight excluding hydrogens is 360 g/mol. The van der Waals surface area contributed by atoms with E-state index >= 15 is 0 Å². The monoisotopic (exact) mass is 384 g/mol. The molecule has 0 aliphatic rings. The van der Waals surface area contributed by atoms with E-state index in [-0.39, 0.29) is 6.42 Å². The second-order valence-electron chi connectivity index (χ2n) is 5.23. The number of benzene rings is 1. The first-order chi connectivity index (χ1) is 12.3. The van der Waals surface area contributed by atoms with Gasteiger partial charge < -0.3 is 20.8 Å². The molecule has 144 valence electrons. The van der Waals surface area contributed by atoms with Crippen LogP contribution >= 0.6 is 11.8 Å². The number of carbonyl (C=O) groups is 4. The van der Waals surface area contributed by atoms with E-state index in [9.17, 15) is 19.5 Å². The van der Waals surface area contributed by atoms with Crippen LogP contribution in [-0.2, 0) is 25.6 Å². The van der Waals surface area contributed by atoms with Crippen molar-refractivity contribution in [1.82, 2.24) is 10.6 Å². The van der Waals surface area contributed by atoms with Crippen LogP contribution < -0.4 is 10.6 Å². The van der Waals surface area contributed by atoms with Crippen molar-refractivity contribution in [2.24, 2.45) is 0 Å². The lowest BCUT2D eigenvalue weighted by molar-refractivity contribution is -0.142. The van der Waals surface area contributed by atoms with Gasteiger partial charge in [-0.25, -0.2) is 4.79 Å². The average Bonchev–Trinajstić information content (AvgIpc) is 2.58. The van der Waals surface area contributed by atoms with Crippen molar-refractivity contribution in [2.75, 3.05) is 12.0 Å². The number of hydrogen-bond acceptors (Lipinski definition) is 5. The summed E-state index contributed by atoms with van der Waals surface area (Å²) in [5, 5.41) is 21.6. The molecule has 0 unspecified atom stereocenters. The highest BCUT2D eigenvalue weighted by Gasteiger charge is 2.25. The molecule has 4 N–H and O–H groups in total. The van der Waals surface area contributed by atoms with Crippen molar-refractivity contribution in [3.8, 4) is 0 Å². The van der Waals surface area contributed by atoms with Gasteiger partial charge in [-0.05, 0) is 24.0 Å². The van der Waals surface area contributed by atoms with E-state index < -0.39 is 29.9 Å². The number of nitrogens with one attached hydrogen (secondary N) is 2. The van der Waals surface area contributed by atoms with Crippen LogP contribution in [-0.4, -0.2) is 58.6 Å². The van der Waals surface area contributed by atoms with Crippen molar-refractivity contribution < 1.29 is 29.4 Å². The molecule has 0 bridgehead atoms. The first-order valence-electron chi connectivity index (χ1n) is 7.77. The van der Waals surface area contributed by atoms with Crippen LogP contribution in [0.3, 0.4) is 0 Å². The Kier molecular flexibility index (Phi) is 12.4. The van der Waals surface area contributed by atoms with Gasteiger partial charge >= 0.3 is 5.97 Å². The number of hydrogen-bond donors (Lipinski definition) is 4. The van der Waals surface area contributed by atoms with Crippen LogP contribution in [0.2, 0.25) is 0 Å². The smallest absolute Gasteiger partial charge is 0.326 e. The summed E-state index contributed by atoms with van der Waals surface area (Å²) >= 11 is 1.55. The molecule has 1 aromatic rings. The van der Waals surface area contributed by atoms with Crippen molar-refractivity contribution in [1.29, 1.82) is 0 Å². The number of carboxylic acids is 2. The Morgan fingerprint density at radius 2 is 1.73 bits per heavy atom. The largest absolute Gasteiger partial charge is 0.481 e. The van der Waals surface area contributed by atoms with Crippen molar-refractivity contribution >= 4 is 36.0 Å². The molecule has 0 radical (unpaired) electrons. The summed E-state index contributed by atoms with van der Waals surface area (Å²) < 4.78 is 0. The zero-order valence-electron chi connectivity index (χ0n) is 14.7. The zero-order chi connectivity index (χ0) is 19.9. The van der Waals surface area contributed by atoms with E-state index in [1.807, 2.05) is 24.5 Å². The van der Waals surface area contributed by atoms with E-state index in [1.54, 1.807) is 23.9 Å². The number of rotatable bonds is 10. The third kappa shape index (κ3) is 11.1. The summed E-state index contributed by atoms with van der Waals surface area (Å²) in [6.45, 7) is 1.08. The molecule has 2 amide bonds. The highest BCUT2D eigenvalue weighted by molar-refractivity contribution is 7.98. The molecule has 0 saturated heterocycles. The summed E-state index contributed by atoms with van der Waals surface area (Å²) in [6.07, 6.45) is 2.99. The first kappa shape index (κ1) is 23.4. The molecule has 0 saturated carbocycles. The van der Waals surface area contributed by atoms with Crippen molar-refractivity contribution in [3.05, 3.63) is 35.9 Å². The van der Waals surface area contributed by atoms with E-state index in [0.717, 1.165) is 12.5 Å². The van der Waals surface area contributed by atoms with Crippen LogP contribution in [0.1, 0.15) is 18.9 Å². The average molecular weight is 384 g/mol. The number of carbonyl (C=O) groups excluding carboxylic acids is 2. The predicted molar refractivity (Wildman–Crippen MR) is 99.0 cm³/mol. The van der Waals surface area contributed by atoms with Gasteiger partial charge in [0.05, 0.1) is 0 Å². The SMILES string of the molecule is CC(=O)O.CSCC[C@H](NC=O)C(=O)N[C@@H](Cc1ccccc1)C(=O)O. The summed E-state index contributed by atoms with van der Waals surface area (Å²) in [5.41, 5.74) is 0.819. The summed E-state index contributed by atoms with van der Waals surface area (Å²) in [4.78, 5) is 43.0. The van der Waals surface area contributed by atoms with Crippen LogP contribution in [0.25, 0.3) is 0 Å². The Bertz CT molecular complexity index is 578. The maximum absolute atomic E-state index is 12.1. The molecule has 1 rings (SSSR count). The molecule has 0 spiro atoms. The van der Waals surface area contributed by atoms with Gasteiger partial charge in [-0.2, -0.15) is 11.8 Å². The molecule has 0 aliphatic carbocycles. The van der Waals surface area contributed by atoms with Crippen LogP contribution in [0.5, 0.6) is 0 Å². The topological polar surface area (TPSA) is 133 Å². The van der Waals surface area contributed by atoms with Gasteiger partial charge in [0.15, 0.2) is 0 Å². The standard InChI is InChI=1S/C15H20N2O4S.C2H4O2/c1-22-8-7-12(16-10-18)14(19)17-13(15(20)21)9-11-5-3-2-4-6-11;1-2(3)4/h2-6,10,12-13H,7-9H2,1H3,(H,16,18)(H,17,19)(H,20,21);1H3,(H,3,4)/t12-,13-;/m0./s1. The fourth-order valence-electron chi connectivity index (χ4n) is 1.93. The van der Waals surface area contributed by atoms with E-state index in [0.29, 0.717) is 18.6 Å². The van der Waals surface area contributed by atoms with E-state index in [2.05, 4.69) is 10.6 Å². The summed E-state index contributed by atoms with van der Waals surface area (Å²) in [5.74, 6) is -1.73. The van der Waals surface area contributed by atoms with Crippen molar-refractivity contribution in [2.45, 2.75) is 31.8 Å². The molecule has 26 heavy (non-hydrogen) atoms. The third-order valence-electron chi connectivity index (χ3n) is 3.09. The highest BCUT2D eigenvalue weighted by Crippen LogP contribution is 2.05. The Morgan fingerprint density at radius 3 is 2.19 bits per heavy atom. The minimum atomic E-state index is -1.10. The maximum atomic E-state index is 12.1. The van der Waals surface area contributed by atoms with Crippen molar-refractivity contribution in [3.63, 3.8) is 0 Å². The predicted octanol–water partition coefficient (Wildman–Crippen LogP) is 0.757. The lowest BCUT2D eigenvalue weighted by Gasteiger charge is -2.20. The number of thioether (sulfide) groups is 1. The normalized spacial score (nSPS) is 11.9. The minimum Gasteiger partial charge on any atom is -0.481 e. The molecule has 0 aromatic heterocycles. The van der Waals surface area contributed by atoms with Crippen LogP contribution in [0, 0.1) is 0 Å². The molecule has 8 nitrogen and oxygen atoms in total. The lowest BCUT2D eigenvalue weighted by Crippen LogP contribution is -2.50. The lowest BCUT2D eigenvalue weighted by atomic mass is 10.1. The molecule has 9 heteroatoms. The van der Waals surface area contributed by atoms with Gasteiger partial charge in [0.25, 0.3) is 5.97 Å². The van der Waals surface area contributed by atoms with Gasteiger partial charge in [0.2, 0.25) is 12.3 Å². The van der Waals surface area contributed by atoms with E-state index in [1.165, 1.54) is 0 Å². The summed E-state index contributed by atoms with van der Waals surface area (Å²) in [7, 11) is 0. The minimum absolute atomic E-state index is 0.193. The molecule has 0 heterocycles. The molecule has 1 aromatic carbocycles. The second-order valence-corrected chi connectivity index (χ2v) is 6.21. The Hall–Kier alpha value is -2.55. The number of carboxylic acid groups (broad SMARTS) is 2. The zero-order valence-corrected chi connectivity index (χ0v) is 15.5. The molecule has 0 fully saturated rings. The molecular formula is C17H24N2O6S. The number of amides is 2. The molecule has 2 atom stereocenters. The van der Waals surface area contributed by atoms with Gasteiger partial charge in [-0.15, -0.1) is 0 Å². The second kappa shape index (κ2) is 13.7. The van der Waals surface area contributed by atoms with E-state index in [4.69, 9.17) is 9.90 Å². The maximum Gasteiger partial charge on any atom is 0.326 e. The van der Waals surface area contributed by atoms with Crippen LogP contribution in [0.15, 0.2) is 30.3 Å².